The van der Waals surface area contributed by atoms with E-state index in [9.17, 15) is 4.79 Å². The topological polar surface area (TPSA) is 37.1 Å². The predicted octanol–water partition coefficient (Wildman–Crippen LogP) is 5.16. The Balaban J connectivity index is 1.60. The number of benzene rings is 2. The summed E-state index contributed by atoms with van der Waals surface area (Å²) < 4.78 is 5.88. The Labute approximate surface area is 190 Å². The van der Waals surface area contributed by atoms with E-state index in [0.717, 1.165) is 30.8 Å². The summed E-state index contributed by atoms with van der Waals surface area (Å²) in [4.78, 5) is 20.5. The first kappa shape index (κ1) is 23.1. The Bertz CT molecular complexity index is 944. The Morgan fingerprint density at radius 3 is 2.42 bits per heavy atom. The predicted molar refractivity (Wildman–Crippen MR) is 125 cm³/mol. The molecule has 1 amide bonds. The normalized spacial score (nSPS) is 15.4. The van der Waals surface area contributed by atoms with Gasteiger partial charge in [-0.25, -0.2) is 6.57 Å². The van der Waals surface area contributed by atoms with Crippen LogP contribution in [0.15, 0.2) is 36.4 Å². The van der Waals surface area contributed by atoms with E-state index < -0.39 is 0 Å². The number of amides is 1. The van der Waals surface area contributed by atoms with Crippen molar-refractivity contribution in [3.63, 3.8) is 0 Å². The van der Waals surface area contributed by atoms with Gasteiger partial charge in [0.25, 0.3) is 5.91 Å². The number of halogens is 1. The molecule has 0 N–H and O–H groups in total. The molecule has 1 aliphatic heterocycles. The van der Waals surface area contributed by atoms with Crippen LogP contribution in [0.5, 0.6) is 5.75 Å². The molecule has 0 saturated carbocycles. The fourth-order valence-corrected chi connectivity index (χ4v) is 4.16. The highest BCUT2D eigenvalue weighted by Crippen LogP contribution is 2.31. The van der Waals surface area contributed by atoms with Crippen molar-refractivity contribution in [1.82, 2.24) is 9.80 Å². The van der Waals surface area contributed by atoms with Gasteiger partial charge < -0.3 is 14.5 Å². The number of hydrogen-bond acceptors (Lipinski definition) is 3. The number of carbonyl (C=O) groups excluding carboxylic acids is 1. The second-order valence-corrected chi connectivity index (χ2v) is 8.43. The van der Waals surface area contributed by atoms with Gasteiger partial charge in [-0.3, -0.25) is 9.69 Å². The van der Waals surface area contributed by atoms with E-state index in [4.69, 9.17) is 22.9 Å². The first-order valence-corrected chi connectivity index (χ1v) is 11.1. The molecule has 1 atom stereocenters. The van der Waals surface area contributed by atoms with Crippen LogP contribution in [0, 0.1) is 20.4 Å². The summed E-state index contributed by atoms with van der Waals surface area (Å²) in [5.74, 6) is 0.965. The standard InChI is InChI=1S/C25H30ClN3O2/c1-18-19(2)24(31-17-5-12-27-4)11-10-23(18)20(3)28-13-15-29(16-14-28)25(30)21-6-8-22(26)9-7-21/h6-11,20H,5,12-17H2,1-3H3/t20-/m1/s1. The molecule has 3 rings (SSSR count). The second-order valence-electron chi connectivity index (χ2n) is 8.00. The average Bonchev–Trinajstić information content (AvgIpc) is 2.79. The summed E-state index contributed by atoms with van der Waals surface area (Å²) in [5, 5.41) is 0.639. The number of hydrogen-bond donors (Lipinski definition) is 0. The van der Waals surface area contributed by atoms with Crippen LogP contribution in [0.25, 0.3) is 4.85 Å². The third kappa shape index (κ3) is 5.58. The zero-order chi connectivity index (χ0) is 22.4. The van der Waals surface area contributed by atoms with Gasteiger partial charge in [-0.05, 0) is 67.8 Å². The summed E-state index contributed by atoms with van der Waals surface area (Å²) in [6.07, 6.45) is 0.749. The van der Waals surface area contributed by atoms with Crippen molar-refractivity contribution in [3.05, 3.63) is 75.1 Å². The van der Waals surface area contributed by atoms with Gasteiger partial charge >= 0.3 is 0 Å². The SMILES string of the molecule is [C-]#[N+]CCCOc1ccc([C@@H](C)N2CCN(C(=O)c3ccc(Cl)cc3)CC2)c(C)c1C. The summed E-state index contributed by atoms with van der Waals surface area (Å²) in [6, 6.07) is 11.6. The molecule has 0 bridgehead atoms. The van der Waals surface area contributed by atoms with Gasteiger partial charge in [0.2, 0.25) is 6.54 Å². The van der Waals surface area contributed by atoms with Gasteiger partial charge in [0.05, 0.1) is 13.0 Å². The van der Waals surface area contributed by atoms with Crippen molar-refractivity contribution in [2.24, 2.45) is 0 Å². The Hall–Kier alpha value is -2.55. The Morgan fingerprint density at radius 1 is 1.10 bits per heavy atom. The van der Waals surface area contributed by atoms with Crippen LogP contribution < -0.4 is 4.74 Å². The first-order valence-electron chi connectivity index (χ1n) is 10.8. The van der Waals surface area contributed by atoms with Crippen LogP contribution >= 0.6 is 11.6 Å². The van der Waals surface area contributed by atoms with E-state index in [2.05, 4.69) is 36.6 Å². The number of nitrogens with zero attached hydrogens (tertiary/aromatic N) is 3. The minimum absolute atomic E-state index is 0.0655. The molecule has 0 aliphatic carbocycles. The van der Waals surface area contributed by atoms with Crippen LogP contribution in [0.3, 0.4) is 0 Å². The van der Waals surface area contributed by atoms with Crippen molar-refractivity contribution in [3.8, 4) is 5.75 Å². The Kier molecular flexibility index (Phi) is 7.95. The van der Waals surface area contributed by atoms with Crippen molar-refractivity contribution < 1.29 is 9.53 Å². The van der Waals surface area contributed by atoms with Gasteiger partial charge in [-0.2, -0.15) is 0 Å². The quantitative estimate of drug-likeness (QED) is 0.441. The zero-order valence-corrected chi connectivity index (χ0v) is 19.3. The maximum absolute atomic E-state index is 12.8. The van der Waals surface area contributed by atoms with Gasteiger partial charge in [-0.1, -0.05) is 17.7 Å². The minimum Gasteiger partial charge on any atom is -0.493 e. The molecule has 0 aromatic heterocycles. The summed E-state index contributed by atoms with van der Waals surface area (Å²) in [6.45, 7) is 17.5. The van der Waals surface area contributed by atoms with Crippen molar-refractivity contribution >= 4 is 17.5 Å². The third-order valence-corrected chi connectivity index (χ3v) is 6.39. The molecule has 6 heteroatoms. The van der Waals surface area contributed by atoms with E-state index >= 15 is 0 Å². The van der Waals surface area contributed by atoms with E-state index in [1.54, 1.807) is 24.3 Å². The fourth-order valence-electron chi connectivity index (χ4n) is 4.04. The molecule has 0 spiro atoms. The Morgan fingerprint density at radius 2 is 1.77 bits per heavy atom. The van der Waals surface area contributed by atoms with Crippen molar-refractivity contribution in [2.45, 2.75) is 33.2 Å². The van der Waals surface area contributed by atoms with E-state index in [0.29, 0.717) is 36.8 Å². The molecule has 5 nitrogen and oxygen atoms in total. The van der Waals surface area contributed by atoms with Crippen LogP contribution in [0.4, 0.5) is 0 Å². The molecular formula is C25H30ClN3O2. The zero-order valence-electron chi connectivity index (χ0n) is 18.5. The number of rotatable bonds is 7. The summed E-state index contributed by atoms with van der Waals surface area (Å²) in [5.41, 5.74) is 4.38. The number of piperazine rings is 1. The largest absolute Gasteiger partial charge is 0.493 e. The molecule has 1 heterocycles. The lowest BCUT2D eigenvalue weighted by atomic mass is 9.96. The highest BCUT2D eigenvalue weighted by Gasteiger charge is 2.26. The molecule has 1 saturated heterocycles. The highest BCUT2D eigenvalue weighted by atomic mass is 35.5. The van der Waals surface area contributed by atoms with Gasteiger partial charge in [0.15, 0.2) is 0 Å². The fraction of sp³-hybridized carbons (Fsp3) is 0.440. The smallest absolute Gasteiger partial charge is 0.253 e. The summed E-state index contributed by atoms with van der Waals surface area (Å²) in [7, 11) is 0. The van der Waals surface area contributed by atoms with Crippen molar-refractivity contribution in [2.75, 3.05) is 39.3 Å². The molecule has 2 aromatic carbocycles. The lowest BCUT2D eigenvalue weighted by Gasteiger charge is -2.39. The molecule has 31 heavy (non-hydrogen) atoms. The average molecular weight is 440 g/mol. The monoisotopic (exact) mass is 439 g/mol. The van der Waals surface area contributed by atoms with Crippen molar-refractivity contribution in [1.29, 1.82) is 0 Å². The van der Waals surface area contributed by atoms with Crippen LogP contribution in [-0.2, 0) is 0 Å². The van der Waals surface area contributed by atoms with Gasteiger partial charge in [0.1, 0.15) is 5.75 Å². The second kappa shape index (κ2) is 10.7. The number of ether oxygens (including phenoxy) is 1. The van der Waals surface area contributed by atoms with E-state index in [1.807, 2.05) is 11.0 Å². The minimum atomic E-state index is 0.0655. The molecule has 0 unspecified atom stereocenters. The maximum Gasteiger partial charge on any atom is 0.253 e. The van der Waals surface area contributed by atoms with E-state index in [1.165, 1.54) is 11.1 Å². The maximum atomic E-state index is 12.8. The van der Waals surface area contributed by atoms with E-state index in [-0.39, 0.29) is 11.9 Å². The molecule has 164 valence electrons. The number of carbonyl (C=O) groups is 1. The molecule has 2 aromatic rings. The molecular weight excluding hydrogens is 410 g/mol. The third-order valence-electron chi connectivity index (χ3n) is 6.14. The summed E-state index contributed by atoms with van der Waals surface area (Å²) >= 11 is 5.94. The molecule has 1 fully saturated rings. The molecule has 1 aliphatic rings. The van der Waals surface area contributed by atoms with Gasteiger partial charge in [-0.15, -0.1) is 0 Å². The van der Waals surface area contributed by atoms with Gasteiger partial charge in [0, 0.05) is 42.8 Å². The van der Waals surface area contributed by atoms with Crippen LogP contribution in [0.1, 0.15) is 46.4 Å². The first-order chi connectivity index (χ1) is 14.9. The lowest BCUT2D eigenvalue weighted by molar-refractivity contribution is 0.0581. The lowest BCUT2D eigenvalue weighted by Crippen LogP contribution is -2.49. The molecule has 0 radical (unpaired) electrons. The van der Waals surface area contributed by atoms with Crippen LogP contribution in [0.2, 0.25) is 5.02 Å². The highest BCUT2D eigenvalue weighted by molar-refractivity contribution is 6.30. The van der Waals surface area contributed by atoms with Crippen LogP contribution in [-0.4, -0.2) is 55.0 Å².